The smallest absolute Gasteiger partial charge is 0.259 e. The molecule has 0 unspecified atom stereocenters. The summed E-state index contributed by atoms with van der Waals surface area (Å²) >= 11 is 0. The number of hydrogen-bond acceptors (Lipinski definition) is 3. The number of carbonyl (C=O) groups excluding carboxylic acids is 1. The molecule has 0 atom stereocenters. The van der Waals surface area contributed by atoms with Crippen molar-refractivity contribution in [3.8, 4) is 0 Å². The highest BCUT2D eigenvalue weighted by molar-refractivity contribution is 5.85. The predicted molar refractivity (Wildman–Crippen MR) is 86.6 cm³/mol. The molecule has 2 rings (SSSR count). The van der Waals surface area contributed by atoms with E-state index in [0.717, 1.165) is 16.8 Å². The maximum Gasteiger partial charge on any atom is 0.259 e. The van der Waals surface area contributed by atoms with Crippen molar-refractivity contribution >= 4 is 17.8 Å². The van der Waals surface area contributed by atoms with Gasteiger partial charge in [0.25, 0.3) is 5.91 Å². The van der Waals surface area contributed by atoms with Gasteiger partial charge in [-0.1, -0.05) is 42.0 Å². The van der Waals surface area contributed by atoms with Crippen molar-refractivity contribution in [2.75, 3.05) is 11.9 Å². The Kier molecular flexibility index (Phi) is 5.10. The first-order valence-corrected chi connectivity index (χ1v) is 6.83. The van der Waals surface area contributed by atoms with Gasteiger partial charge in [0, 0.05) is 5.69 Å². The van der Waals surface area contributed by atoms with Crippen LogP contribution in [0.1, 0.15) is 16.7 Å². The number of hydrazone groups is 1. The van der Waals surface area contributed by atoms with Crippen LogP contribution in [0.3, 0.4) is 0 Å². The molecule has 0 saturated heterocycles. The lowest BCUT2D eigenvalue weighted by Gasteiger charge is -2.05. The lowest BCUT2D eigenvalue weighted by molar-refractivity contribution is -0.119. The van der Waals surface area contributed by atoms with Crippen molar-refractivity contribution in [3.63, 3.8) is 0 Å². The minimum absolute atomic E-state index is 0.180. The third-order valence-electron chi connectivity index (χ3n) is 3.05. The summed E-state index contributed by atoms with van der Waals surface area (Å²) in [5, 5.41) is 7.02. The molecule has 4 heteroatoms. The molecule has 2 N–H and O–H groups in total. The molecule has 0 heterocycles. The molecule has 0 bridgehead atoms. The SMILES string of the molecule is Cc1ccc(C)c(/C=N\NC(=O)CNc2ccccc2)c1. The normalized spacial score (nSPS) is 10.6. The summed E-state index contributed by atoms with van der Waals surface area (Å²) in [7, 11) is 0. The molecule has 4 nitrogen and oxygen atoms in total. The molecule has 0 spiro atoms. The summed E-state index contributed by atoms with van der Waals surface area (Å²) in [6.07, 6.45) is 1.67. The zero-order valence-electron chi connectivity index (χ0n) is 12.3. The fourth-order valence-corrected chi connectivity index (χ4v) is 1.85. The first kappa shape index (κ1) is 14.8. The Bertz CT molecular complexity index is 636. The fraction of sp³-hybridized carbons (Fsp3) is 0.176. The summed E-state index contributed by atoms with van der Waals surface area (Å²) in [5.41, 5.74) is 6.72. The van der Waals surface area contributed by atoms with Crippen LogP contribution in [0.15, 0.2) is 53.6 Å². The highest BCUT2D eigenvalue weighted by Gasteiger charge is 1.99. The summed E-state index contributed by atoms with van der Waals surface area (Å²) in [5.74, 6) is -0.180. The average molecular weight is 281 g/mol. The quantitative estimate of drug-likeness (QED) is 0.654. The third-order valence-corrected chi connectivity index (χ3v) is 3.05. The highest BCUT2D eigenvalue weighted by Crippen LogP contribution is 2.07. The number of rotatable bonds is 5. The van der Waals surface area contributed by atoms with Gasteiger partial charge in [0.2, 0.25) is 0 Å². The summed E-state index contributed by atoms with van der Waals surface area (Å²) in [4.78, 5) is 11.7. The van der Waals surface area contributed by atoms with Crippen molar-refractivity contribution in [2.45, 2.75) is 13.8 Å². The summed E-state index contributed by atoms with van der Waals surface area (Å²) in [6, 6.07) is 15.7. The number of aryl methyl sites for hydroxylation is 2. The number of para-hydroxylation sites is 1. The molecule has 0 aliphatic heterocycles. The Morgan fingerprint density at radius 1 is 1.14 bits per heavy atom. The van der Waals surface area contributed by atoms with Crippen LogP contribution < -0.4 is 10.7 Å². The average Bonchev–Trinajstić information content (AvgIpc) is 2.50. The number of nitrogens with one attached hydrogen (secondary N) is 2. The monoisotopic (exact) mass is 281 g/mol. The number of nitrogens with zero attached hydrogens (tertiary/aromatic N) is 1. The Labute approximate surface area is 124 Å². The standard InChI is InChI=1S/C17H19N3O/c1-13-8-9-14(2)15(10-13)11-19-20-17(21)12-18-16-6-4-3-5-7-16/h3-11,18H,12H2,1-2H3,(H,20,21)/b19-11-. The van der Waals surface area contributed by atoms with Gasteiger partial charge in [0.15, 0.2) is 0 Å². The highest BCUT2D eigenvalue weighted by atomic mass is 16.2. The van der Waals surface area contributed by atoms with E-state index < -0.39 is 0 Å². The molecule has 0 saturated carbocycles. The number of amides is 1. The maximum absolute atomic E-state index is 11.7. The number of hydrogen-bond donors (Lipinski definition) is 2. The lowest BCUT2D eigenvalue weighted by atomic mass is 10.1. The second-order valence-electron chi connectivity index (χ2n) is 4.87. The fourth-order valence-electron chi connectivity index (χ4n) is 1.85. The molecule has 108 valence electrons. The molecule has 0 aliphatic carbocycles. The Balaban J connectivity index is 1.83. The molecule has 21 heavy (non-hydrogen) atoms. The molecular formula is C17H19N3O. The maximum atomic E-state index is 11.7. The van der Waals surface area contributed by atoms with Gasteiger partial charge in [-0.3, -0.25) is 4.79 Å². The van der Waals surface area contributed by atoms with Crippen molar-refractivity contribution in [2.24, 2.45) is 5.10 Å². The van der Waals surface area contributed by atoms with E-state index in [4.69, 9.17) is 0 Å². The van der Waals surface area contributed by atoms with E-state index in [2.05, 4.69) is 21.9 Å². The van der Waals surface area contributed by atoms with Crippen molar-refractivity contribution in [1.29, 1.82) is 0 Å². The van der Waals surface area contributed by atoms with Crippen LogP contribution >= 0.6 is 0 Å². The molecule has 0 aliphatic rings. The van der Waals surface area contributed by atoms with Gasteiger partial charge in [0.1, 0.15) is 0 Å². The van der Waals surface area contributed by atoms with E-state index >= 15 is 0 Å². The second-order valence-corrected chi connectivity index (χ2v) is 4.87. The summed E-state index contributed by atoms with van der Waals surface area (Å²) < 4.78 is 0. The van der Waals surface area contributed by atoms with Crippen LogP contribution in [-0.4, -0.2) is 18.7 Å². The van der Waals surface area contributed by atoms with Crippen LogP contribution in [-0.2, 0) is 4.79 Å². The van der Waals surface area contributed by atoms with Crippen LogP contribution in [0, 0.1) is 13.8 Å². The second kappa shape index (κ2) is 7.24. The molecule has 2 aromatic rings. The molecule has 0 aromatic heterocycles. The van der Waals surface area contributed by atoms with E-state index in [1.54, 1.807) is 6.21 Å². The Hall–Kier alpha value is -2.62. The molecule has 1 amide bonds. The Morgan fingerprint density at radius 3 is 2.67 bits per heavy atom. The van der Waals surface area contributed by atoms with Gasteiger partial charge >= 0.3 is 0 Å². The van der Waals surface area contributed by atoms with Gasteiger partial charge in [-0.05, 0) is 37.1 Å². The van der Waals surface area contributed by atoms with E-state index in [0.29, 0.717) is 0 Å². The predicted octanol–water partition coefficient (Wildman–Crippen LogP) is 2.87. The Morgan fingerprint density at radius 2 is 1.90 bits per heavy atom. The zero-order chi connectivity index (χ0) is 15.1. The van der Waals surface area contributed by atoms with Crippen LogP contribution in [0.5, 0.6) is 0 Å². The third kappa shape index (κ3) is 4.76. The van der Waals surface area contributed by atoms with Gasteiger partial charge in [-0.2, -0.15) is 5.10 Å². The largest absolute Gasteiger partial charge is 0.376 e. The van der Waals surface area contributed by atoms with Crippen molar-refractivity contribution in [3.05, 3.63) is 65.2 Å². The van der Waals surface area contributed by atoms with Crippen molar-refractivity contribution in [1.82, 2.24) is 5.43 Å². The molecule has 0 fully saturated rings. The van der Waals surface area contributed by atoms with Crippen LogP contribution in [0.25, 0.3) is 0 Å². The molecule has 2 aromatic carbocycles. The van der Waals surface area contributed by atoms with Crippen LogP contribution in [0.4, 0.5) is 5.69 Å². The lowest BCUT2D eigenvalue weighted by Crippen LogP contribution is -2.25. The molecular weight excluding hydrogens is 262 g/mol. The van der Waals surface area contributed by atoms with E-state index in [1.165, 1.54) is 5.56 Å². The topological polar surface area (TPSA) is 53.5 Å². The number of anilines is 1. The molecule has 0 radical (unpaired) electrons. The van der Waals surface area contributed by atoms with E-state index in [-0.39, 0.29) is 12.5 Å². The minimum atomic E-state index is -0.180. The minimum Gasteiger partial charge on any atom is -0.376 e. The first-order valence-electron chi connectivity index (χ1n) is 6.83. The van der Waals surface area contributed by atoms with Crippen molar-refractivity contribution < 1.29 is 4.79 Å². The van der Waals surface area contributed by atoms with E-state index in [1.807, 2.05) is 56.3 Å². The van der Waals surface area contributed by atoms with E-state index in [9.17, 15) is 4.79 Å². The van der Waals surface area contributed by atoms with Gasteiger partial charge in [-0.15, -0.1) is 0 Å². The summed E-state index contributed by atoms with van der Waals surface area (Å²) in [6.45, 7) is 4.23. The van der Waals surface area contributed by atoms with Gasteiger partial charge in [0.05, 0.1) is 12.8 Å². The van der Waals surface area contributed by atoms with Gasteiger partial charge in [-0.25, -0.2) is 5.43 Å². The first-order chi connectivity index (χ1) is 10.1. The number of benzene rings is 2. The zero-order valence-corrected chi connectivity index (χ0v) is 12.3. The van der Waals surface area contributed by atoms with Crippen LogP contribution in [0.2, 0.25) is 0 Å². The van der Waals surface area contributed by atoms with Gasteiger partial charge < -0.3 is 5.32 Å². The number of carbonyl (C=O) groups is 1.